The zero-order valence-corrected chi connectivity index (χ0v) is 11.4. The number of imide groups is 1. The van der Waals surface area contributed by atoms with Gasteiger partial charge in [0, 0.05) is 6.04 Å². The second-order valence-corrected chi connectivity index (χ2v) is 6.34. The number of carboxylic acid groups (broad SMARTS) is 1. The first kappa shape index (κ1) is 14.2. The van der Waals surface area contributed by atoms with Crippen molar-refractivity contribution < 1.29 is 19.5 Å². The van der Waals surface area contributed by atoms with E-state index in [1.54, 1.807) is 0 Å². The van der Waals surface area contributed by atoms with Gasteiger partial charge in [0.25, 0.3) is 0 Å². The first-order valence-electron chi connectivity index (χ1n) is 6.39. The topological polar surface area (TPSA) is 95.5 Å². The van der Waals surface area contributed by atoms with Gasteiger partial charge in [0.2, 0.25) is 5.91 Å². The van der Waals surface area contributed by atoms with Crippen LogP contribution in [-0.2, 0) is 9.59 Å². The number of urea groups is 1. The summed E-state index contributed by atoms with van der Waals surface area (Å²) in [6.45, 7) is 0. The number of nitrogens with one attached hydrogen (secondary N) is 2. The molecule has 0 aromatic heterocycles. The number of rotatable bonds is 7. The lowest BCUT2D eigenvalue weighted by Crippen LogP contribution is -2.41. The molecule has 2 fully saturated rings. The van der Waals surface area contributed by atoms with Crippen molar-refractivity contribution in [2.24, 2.45) is 5.41 Å². The van der Waals surface area contributed by atoms with Gasteiger partial charge in [-0.2, -0.15) is 11.8 Å². The van der Waals surface area contributed by atoms with E-state index in [1.165, 1.54) is 11.8 Å². The lowest BCUT2D eigenvalue weighted by atomic mass is 10.1. The number of hydrogen-bond acceptors (Lipinski definition) is 4. The maximum atomic E-state index is 11.5. The average Bonchev–Trinajstić information content (AvgIpc) is 3.16. The fourth-order valence-electron chi connectivity index (χ4n) is 1.84. The van der Waals surface area contributed by atoms with Crippen LogP contribution < -0.4 is 10.6 Å². The molecule has 2 saturated carbocycles. The lowest BCUT2D eigenvalue weighted by Gasteiger charge is -2.11. The highest BCUT2D eigenvalue weighted by Crippen LogP contribution is 2.50. The molecule has 0 saturated heterocycles. The van der Waals surface area contributed by atoms with E-state index in [0.717, 1.165) is 25.7 Å². The largest absolute Gasteiger partial charge is 0.481 e. The van der Waals surface area contributed by atoms with Crippen LogP contribution in [-0.4, -0.2) is 40.6 Å². The average molecular weight is 286 g/mol. The van der Waals surface area contributed by atoms with E-state index in [1.807, 2.05) is 0 Å². The van der Waals surface area contributed by atoms with Crippen LogP contribution >= 0.6 is 11.8 Å². The molecule has 0 unspecified atom stereocenters. The van der Waals surface area contributed by atoms with E-state index < -0.39 is 12.0 Å². The Balaban J connectivity index is 1.58. The summed E-state index contributed by atoms with van der Waals surface area (Å²) in [7, 11) is 0. The third-order valence-electron chi connectivity index (χ3n) is 3.29. The van der Waals surface area contributed by atoms with Gasteiger partial charge >= 0.3 is 12.0 Å². The zero-order chi connectivity index (χ0) is 13.9. The maximum Gasteiger partial charge on any atom is 0.321 e. The second-order valence-electron chi connectivity index (χ2n) is 5.36. The van der Waals surface area contributed by atoms with Gasteiger partial charge in [-0.25, -0.2) is 4.79 Å². The number of aliphatic carboxylic acids is 1. The highest BCUT2D eigenvalue weighted by atomic mass is 32.2. The maximum absolute atomic E-state index is 11.5. The van der Waals surface area contributed by atoms with E-state index >= 15 is 0 Å². The van der Waals surface area contributed by atoms with Crippen LogP contribution in [0.2, 0.25) is 0 Å². The van der Waals surface area contributed by atoms with Gasteiger partial charge in [0.15, 0.2) is 0 Å². The van der Waals surface area contributed by atoms with E-state index in [0.29, 0.717) is 5.75 Å². The first-order chi connectivity index (χ1) is 8.99. The Bertz CT molecular complexity index is 391. The van der Waals surface area contributed by atoms with Gasteiger partial charge in [0.05, 0.1) is 12.2 Å². The third kappa shape index (κ3) is 5.10. The van der Waals surface area contributed by atoms with Crippen LogP contribution in [0.1, 0.15) is 32.1 Å². The Morgan fingerprint density at radius 2 is 1.95 bits per heavy atom. The summed E-state index contributed by atoms with van der Waals surface area (Å²) in [6, 6.07) is -0.203. The number of carbonyl (C=O) groups excluding carboxylic acids is 2. The van der Waals surface area contributed by atoms with E-state index in [2.05, 4.69) is 10.6 Å². The van der Waals surface area contributed by atoms with Crippen LogP contribution in [0.5, 0.6) is 0 Å². The second kappa shape index (κ2) is 5.81. The lowest BCUT2D eigenvalue weighted by molar-refractivity contribution is -0.138. The molecule has 0 spiro atoms. The normalized spacial score (nSPS) is 19.6. The Kier molecular flexibility index (Phi) is 4.34. The molecule has 6 nitrogen and oxygen atoms in total. The minimum absolute atomic E-state index is 0.118. The Labute approximate surface area is 115 Å². The molecule has 0 aromatic carbocycles. The van der Waals surface area contributed by atoms with Crippen LogP contribution in [0, 0.1) is 5.41 Å². The molecule has 106 valence electrons. The summed E-state index contributed by atoms with van der Waals surface area (Å²) < 4.78 is 0. The van der Waals surface area contributed by atoms with Gasteiger partial charge in [-0.1, -0.05) is 0 Å². The fraction of sp³-hybridized carbons (Fsp3) is 0.750. The molecule has 0 aromatic rings. The quantitative estimate of drug-likeness (QED) is 0.648. The molecule has 3 N–H and O–H groups in total. The smallest absolute Gasteiger partial charge is 0.321 e. The van der Waals surface area contributed by atoms with Crippen molar-refractivity contribution >= 4 is 29.7 Å². The summed E-state index contributed by atoms with van der Waals surface area (Å²) in [5, 5.41) is 13.7. The molecule has 0 atom stereocenters. The van der Waals surface area contributed by atoms with E-state index in [4.69, 9.17) is 5.11 Å². The minimum Gasteiger partial charge on any atom is -0.481 e. The Morgan fingerprint density at radius 3 is 2.47 bits per heavy atom. The van der Waals surface area contributed by atoms with Crippen molar-refractivity contribution in [3.8, 4) is 0 Å². The summed E-state index contributed by atoms with van der Waals surface area (Å²) in [4.78, 5) is 33.4. The van der Waals surface area contributed by atoms with Crippen molar-refractivity contribution in [1.29, 1.82) is 0 Å². The number of hydrogen-bond donors (Lipinski definition) is 3. The summed E-state index contributed by atoms with van der Waals surface area (Å²) in [6.07, 6.45) is 3.96. The number of amides is 3. The van der Waals surface area contributed by atoms with Gasteiger partial charge < -0.3 is 10.4 Å². The molecule has 0 aliphatic heterocycles. The fourth-order valence-corrected chi connectivity index (χ4v) is 3.03. The molecule has 3 amide bonds. The molecule has 0 bridgehead atoms. The zero-order valence-electron chi connectivity index (χ0n) is 10.6. The Morgan fingerprint density at radius 1 is 1.26 bits per heavy atom. The molecule has 2 rings (SSSR count). The van der Waals surface area contributed by atoms with Crippen LogP contribution in [0.25, 0.3) is 0 Å². The monoisotopic (exact) mass is 286 g/mol. The predicted octanol–water partition coefficient (Wildman–Crippen LogP) is 0.963. The molecule has 0 heterocycles. The molecule has 2 aliphatic rings. The van der Waals surface area contributed by atoms with Gasteiger partial charge in [-0.15, -0.1) is 0 Å². The SMILES string of the molecule is O=C(O)CC1(CSCC(=O)NC(=O)NC2CC2)CC1. The highest BCUT2D eigenvalue weighted by molar-refractivity contribution is 8.00. The highest BCUT2D eigenvalue weighted by Gasteiger charge is 2.44. The molecule has 7 heteroatoms. The molecule has 19 heavy (non-hydrogen) atoms. The van der Waals surface area contributed by atoms with Crippen molar-refractivity contribution in [2.75, 3.05) is 11.5 Å². The van der Waals surface area contributed by atoms with E-state index in [-0.39, 0.29) is 29.5 Å². The van der Waals surface area contributed by atoms with Crippen molar-refractivity contribution in [3.05, 3.63) is 0 Å². The van der Waals surface area contributed by atoms with Crippen molar-refractivity contribution in [2.45, 2.75) is 38.1 Å². The minimum atomic E-state index is -0.786. The van der Waals surface area contributed by atoms with Gasteiger partial charge in [-0.05, 0) is 36.9 Å². The predicted molar refractivity (Wildman–Crippen MR) is 70.9 cm³/mol. The molecule has 0 radical (unpaired) electrons. The third-order valence-corrected chi connectivity index (χ3v) is 4.57. The van der Waals surface area contributed by atoms with Crippen molar-refractivity contribution in [3.63, 3.8) is 0 Å². The van der Waals surface area contributed by atoms with Crippen LogP contribution in [0.15, 0.2) is 0 Å². The number of carbonyl (C=O) groups is 3. The number of thioether (sulfide) groups is 1. The summed E-state index contributed by atoms with van der Waals surface area (Å²) in [5.41, 5.74) is -0.118. The standard InChI is InChI=1S/C12H18N2O4S/c15-9(14-11(18)13-8-1-2-8)6-19-7-12(3-4-12)5-10(16)17/h8H,1-7H2,(H,16,17)(H2,13,14,15,18). The number of carboxylic acids is 1. The Hall–Kier alpha value is -1.24. The molecule has 2 aliphatic carbocycles. The van der Waals surface area contributed by atoms with Crippen LogP contribution in [0.3, 0.4) is 0 Å². The summed E-state index contributed by atoms with van der Waals surface area (Å²) >= 11 is 1.39. The molecular weight excluding hydrogens is 268 g/mol. The van der Waals surface area contributed by atoms with Crippen molar-refractivity contribution in [1.82, 2.24) is 10.6 Å². The van der Waals surface area contributed by atoms with E-state index in [9.17, 15) is 14.4 Å². The summed E-state index contributed by atoms with van der Waals surface area (Å²) in [5.74, 6) is -0.253. The van der Waals surface area contributed by atoms with Gasteiger partial charge in [-0.3, -0.25) is 14.9 Å². The van der Waals surface area contributed by atoms with Gasteiger partial charge in [0.1, 0.15) is 0 Å². The molecular formula is C12H18N2O4S. The van der Waals surface area contributed by atoms with Crippen LogP contribution in [0.4, 0.5) is 4.79 Å². The first-order valence-corrected chi connectivity index (χ1v) is 7.54.